The Morgan fingerprint density at radius 3 is 1.88 bits per heavy atom. The lowest BCUT2D eigenvalue weighted by Crippen LogP contribution is -2.10. The fourth-order valence-corrected chi connectivity index (χ4v) is 0.268. The van der Waals surface area contributed by atoms with Crippen LogP contribution in [0.15, 0.2) is 0 Å². The Morgan fingerprint density at radius 1 is 1.25 bits per heavy atom. The first-order valence-electron chi connectivity index (χ1n) is 2.20. The molecule has 0 aromatic rings. The van der Waals surface area contributed by atoms with E-state index in [0.717, 1.165) is 0 Å². The molecule has 0 unspecified atom stereocenters. The molecule has 1 N–H and O–H groups in total. The summed E-state index contributed by atoms with van der Waals surface area (Å²) in [6, 6.07) is 0. The highest BCUT2D eigenvalue weighted by atomic mass is 19.3. The highest BCUT2D eigenvalue weighted by molar-refractivity contribution is 4.53. The summed E-state index contributed by atoms with van der Waals surface area (Å²) in [6.45, 7) is -0.815. The number of alkyl halides is 3. The zero-order chi connectivity index (χ0) is 6.57. The summed E-state index contributed by atoms with van der Waals surface area (Å²) in [7, 11) is 0. The molecule has 0 rings (SSSR count). The summed E-state index contributed by atoms with van der Waals surface area (Å²) >= 11 is 0. The van der Waals surface area contributed by atoms with Gasteiger partial charge in [-0.15, -0.1) is 0 Å². The van der Waals surface area contributed by atoms with Crippen molar-refractivity contribution in [2.45, 2.75) is 19.0 Å². The first-order valence-corrected chi connectivity index (χ1v) is 2.20. The van der Waals surface area contributed by atoms with Crippen LogP contribution in [-0.4, -0.2) is 24.3 Å². The van der Waals surface area contributed by atoms with Gasteiger partial charge in [-0.1, -0.05) is 0 Å². The molecule has 1 nitrogen and oxygen atoms in total. The van der Waals surface area contributed by atoms with Crippen LogP contribution >= 0.6 is 0 Å². The second kappa shape index (κ2) is 3.72. The Morgan fingerprint density at radius 2 is 1.75 bits per heavy atom. The Balaban J connectivity index is 3.10. The quantitative estimate of drug-likeness (QED) is 0.600. The summed E-state index contributed by atoms with van der Waals surface area (Å²) in [5.41, 5.74) is 0. The number of aliphatic hydroxyl groups is 1. The van der Waals surface area contributed by atoms with E-state index in [2.05, 4.69) is 0 Å². The molecule has 0 aliphatic heterocycles. The molecule has 8 heavy (non-hydrogen) atoms. The maximum Gasteiger partial charge on any atom is 0.241 e. The molecule has 50 valence electrons. The Labute approximate surface area is 45.1 Å². The topological polar surface area (TPSA) is 20.2 Å². The van der Waals surface area contributed by atoms with Gasteiger partial charge in [0.15, 0.2) is 0 Å². The Kier molecular flexibility index (Phi) is 3.60. The SMILES string of the molecule is OC[C@@H](F)CC(F)F. The van der Waals surface area contributed by atoms with Crippen LogP contribution < -0.4 is 0 Å². The Bertz CT molecular complexity index is 57.2. The van der Waals surface area contributed by atoms with Crippen LogP contribution in [-0.2, 0) is 0 Å². The smallest absolute Gasteiger partial charge is 0.241 e. The van der Waals surface area contributed by atoms with Gasteiger partial charge < -0.3 is 5.11 Å². The predicted molar refractivity (Wildman–Crippen MR) is 22.6 cm³/mol. The maximum atomic E-state index is 11.7. The summed E-state index contributed by atoms with van der Waals surface area (Å²) in [5, 5.41) is 7.88. The molecule has 0 bridgehead atoms. The van der Waals surface area contributed by atoms with Crippen LogP contribution in [0.2, 0.25) is 0 Å². The highest BCUT2D eigenvalue weighted by Gasteiger charge is 2.11. The van der Waals surface area contributed by atoms with Crippen LogP contribution in [0.5, 0.6) is 0 Å². The largest absolute Gasteiger partial charge is 0.393 e. The monoisotopic (exact) mass is 128 g/mol. The van der Waals surface area contributed by atoms with E-state index in [0.29, 0.717) is 0 Å². The van der Waals surface area contributed by atoms with E-state index in [1.165, 1.54) is 0 Å². The van der Waals surface area contributed by atoms with Gasteiger partial charge in [-0.2, -0.15) is 0 Å². The third kappa shape index (κ3) is 3.92. The average Bonchev–Trinajstić information content (AvgIpc) is 1.65. The van der Waals surface area contributed by atoms with Gasteiger partial charge in [0, 0.05) is 6.42 Å². The molecule has 4 heteroatoms. The molecule has 0 aromatic carbocycles. The van der Waals surface area contributed by atoms with E-state index in [1.807, 2.05) is 0 Å². The van der Waals surface area contributed by atoms with Crippen LogP contribution in [0.25, 0.3) is 0 Å². The number of hydrogen-bond donors (Lipinski definition) is 1. The van der Waals surface area contributed by atoms with Crippen molar-refractivity contribution >= 4 is 0 Å². The minimum Gasteiger partial charge on any atom is -0.393 e. The van der Waals surface area contributed by atoms with Crippen molar-refractivity contribution in [1.29, 1.82) is 0 Å². The van der Waals surface area contributed by atoms with E-state index >= 15 is 0 Å². The van der Waals surface area contributed by atoms with Crippen molar-refractivity contribution in [3.05, 3.63) is 0 Å². The molecule has 0 amide bonds. The third-order valence-corrected chi connectivity index (χ3v) is 0.632. The van der Waals surface area contributed by atoms with Crippen molar-refractivity contribution in [2.75, 3.05) is 6.61 Å². The molecule has 0 fully saturated rings. The zero-order valence-corrected chi connectivity index (χ0v) is 4.15. The molecule has 0 radical (unpaired) electrons. The minimum absolute atomic E-state index is 0.815. The van der Waals surface area contributed by atoms with Gasteiger partial charge in [0.25, 0.3) is 0 Å². The normalized spacial score (nSPS) is 14.6. The van der Waals surface area contributed by atoms with Crippen molar-refractivity contribution in [3.8, 4) is 0 Å². The molecule has 0 aliphatic rings. The maximum absolute atomic E-state index is 11.7. The van der Waals surface area contributed by atoms with Gasteiger partial charge in [-0.25, -0.2) is 13.2 Å². The molecule has 0 saturated carbocycles. The summed E-state index contributed by atoms with van der Waals surface area (Å²) in [5.74, 6) is 0. The van der Waals surface area contributed by atoms with E-state index in [1.54, 1.807) is 0 Å². The van der Waals surface area contributed by atoms with Crippen LogP contribution in [0.1, 0.15) is 6.42 Å². The molecule has 0 heterocycles. The van der Waals surface area contributed by atoms with Gasteiger partial charge in [-0.05, 0) is 0 Å². The number of aliphatic hydroxyl groups excluding tert-OH is 1. The Hall–Kier alpha value is -0.250. The lowest BCUT2D eigenvalue weighted by molar-refractivity contribution is 0.0740. The van der Waals surface area contributed by atoms with E-state index in [9.17, 15) is 13.2 Å². The van der Waals surface area contributed by atoms with Gasteiger partial charge in [0.05, 0.1) is 6.61 Å². The lowest BCUT2D eigenvalue weighted by Gasteiger charge is -2.00. The van der Waals surface area contributed by atoms with Crippen molar-refractivity contribution < 1.29 is 18.3 Å². The average molecular weight is 128 g/mol. The van der Waals surface area contributed by atoms with Crippen LogP contribution in [0.4, 0.5) is 13.2 Å². The van der Waals surface area contributed by atoms with E-state index in [-0.39, 0.29) is 0 Å². The van der Waals surface area contributed by atoms with E-state index < -0.39 is 25.6 Å². The van der Waals surface area contributed by atoms with Crippen LogP contribution in [0, 0.1) is 0 Å². The number of hydrogen-bond acceptors (Lipinski definition) is 1. The van der Waals surface area contributed by atoms with Crippen molar-refractivity contribution in [1.82, 2.24) is 0 Å². The van der Waals surface area contributed by atoms with E-state index in [4.69, 9.17) is 5.11 Å². The third-order valence-electron chi connectivity index (χ3n) is 0.632. The fraction of sp³-hybridized carbons (Fsp3) is 1.00. The predicted octanol–water partition coefficient (Wildman–Crippen LogP) is 0.972. The first kappa shape index (κ1) is 7.75. The van der Waals surface area contributed by atoms with Gasteiger partial charge >= 0.3 is 0 Å². The van der Waals surface area contributed by atoms with Crippen molar-refractivity contribution in [3.63, 3.8) is 0 Å². The number of halogens is 3. The first-order chi connectivity index (χ1) is 3.66. The molecule has 0 aliphatic carbocycles. The molecular formula is C4H7F3O. The molecular weight excluding hydrogens is 121 g/mol. The molecule has 0 aromatic heterocycles. The minimum atomic E-state index is -2.66. The summed E-state index contributed by atoms with van der Waals surface area (Å²) in [6.07, 6.45) is -5.29. The molecule has 1 atom stereocenters. The van der Waals surface area contributed by atoms with Crippen molar-refractivity contribution in [2.24, 2.45) is 0 Å². The second-order valence-corrected chi connectivity index (χ2v) is 1.41. The summed E-state index contributed by atoms with van der Waals surface area (Å²) < 4.78 is 33.9. The fourth-order valence-electron chi connectivity index (χ4n) is 0.268. The zero-order valence-electron chi connectivity index (χ0n) is 4.15. The molecule has 0 spiro atoms. The van der Waals surface area contributed by atoms with Crippen LogP contribution in [0.3, 0.4) is 0 Å². The standard InChI is InChI=1S/C4H7F3O/c5-3(2-8)1-4(6)7/h3-4,8H,1-2H2/t3-/m0/s1. The van der Waals surface area contributed by atoms with Gasteiger partial charge in [0.1, 0.15) is 6.17 Å². The lowest BCUT2D eigenvalue weighted by atomic mass is 10.3. The molecule has 0 saturated heterocycles. The summed E-state index contributed by atoms with van der Waals surface area (Å²) in [4.78, 5) is 0. The van der Waals surface area contributed by atoms with Gasteiger partial charge in [0.2, 0.25) is 6.43 Å². The number of rotatable bonds is 3. The second-order valence-electron chi connectivity index (χ2n) is 1.41. The van der Waals surface area contributed by atoms with Gasteiger partial charge in [-0.3, -0.25) is 0 Å². The highest BCUT2D eigenvalue weighted by Crippen LogP contribution is 2.05.